The molecule has 1 aliphatic carbocycles. The summed E-state index contributed by atoms with van der Waals surface area (Å²) < 4.78 is 42.7. The molecule has 2 aromatic rings. The van der Waals surface area contributed by atoms with Gasteiger partial charge in [-0.15, -0.1) is 38.0 Å². The van der Waals surface area contributed by atoms with Gasteiger partial charge in [0.2, 0.25) is 5.95 Å². The third-order valence-corrected chi connectivity index (χ3v) is 5.45. The highest BCUT2D eigenvalue weighted by molar-refractivity contribution is 9.10. The van der Waals surface area contributed by atoms with Crippen molar-refractivity contribution in [2.75, 3.05) is 24.3 Å². The molecule has 1 saturated carbocycles. The predicted octanol–water partition coefficient (Wildman–Crippen LogP) is 5.56. The lowest BCUT2D eigenvalue weighted by Gasteiger charge is -2.30. The second kappa shape index (κ2) is 12.7. The maximum absolute atomic E-state index is 12.7. The number of hydrogen-bond donors (Lipinski definition) is 2. The molecule has 1 heterocycles. The quantitative estimate of drug-likeness (QED) is 0.462. The summed E-state index contributed by atoms with van der Waals surface area (Å²) in [5.74, 6) is 1.27. The molecule has 6 nitrogen and oxygen atoms in total. The monoisotopic (exact) mass is 559 g/mol. The zero-order valence-corrected chi connectivity index (χ0v) is 20.9. The molecule has 0 saturated heterocycles. The van der Waals surface area contributed by atoms with E-state index in [-0.39, 0.29) is 36.6 Å². The Morgan fingerprint density at radius 3 is 2.38 bits per heavy atom. The van der Waals surface area contributed by atoms with Crippen LogP contribution in [0.3, 0.4) is 0 Å². The highest BCUT2D eigenvalue weighted by Gasteiger charge is 2.32. The van der Waals surface area contributed by atoms with E-state index in [4.69, 9.17) is 0 Å². The van der Waals surface area contributed by atoms with Gasteiger partial charge in [0.1, 0.15) is 11.6 Å². The highest BCUT2D eigenvalue weighted by Crippen LogP contribution is 2.30. The molecule has 2 N–H and O–H groups in total. The van der Waals surface area contributed by atoms with Crippen LogP contribution in [0.25, 0.3) is 0 Å². The molecular formula is C20H27BrCl2F3N5O. The average molecular weight is 561 g/mol. The number of halogens is 6. The van der Waals surface area contributed by atoms with E-state index < -0.39 is 6.36 Å². The van der Waals surface area contributed by atoms with Crippen LogP contribution in [0.5, 0.6) is 5.75 Å². The van der Waals surface area contributed by atoms with E-state index in [0.717, 1.165) is 31.5 Å². The van der Waals surface area contributed by atoms with Gasteiger partial charge in [0.05, 0.1) is 0 Å². The van der Waals surface area contributed by atoms with Crippen LogP contribution in [0.2, 0.25) is 0 Å². The lowest BCUT2D eigenvalue weighted by atomic mass is 9.91. The maximum Gasteiger partial charge on any atom is 0.573 e. The SMILES string of the molecule is CN(C)c1nccc(NC2CCC(NCc3ccc(Br)cc3OC(F)(F)F)CC2)n1.Cl.Cl. The Bertz CT molecular complexity index is 852. The second-order valence-corrected chi connectivity index (χ2v) is 8.43. The van der Waals surface area contributed by atoms with Crippen molar-refractivity contribution >= 4 is 52.5 Å². The lowest BCUT2D eigenvalue weighted by Crippen LogP contribution is -2.37. The van der Waals surface area contributed by atoms with Crippen molar-refractivity contribution in [1.29, 1.82) is 0 Å². The lowest BCUT2D eigenvalue weighted by molar-refractivity contribution is -0.274. The number of nitrogens with one attached hydrogen (secondary N) is 2. The van der Waals surface area contributed by atoms with Gasteiger partial charge in [-0.05, 0) is 43.9 Å². The van der Waals surface area contributed by atoms with Gasteiger partial charge >= 0.3 is 6.36 Å². The van der Waals surface area contributed by atoms with E-state index >= 15 is 0 Å². The third-order valence-electron chi connectivity index (χ3n) is 4.96. The van der Waals surface area contributed by atoms with E-state index in [0.29, 0.717) is 28.6 Å². The molecule has 0 amide bonds. The van der Waals surface area contributed by atoms with Gasteiger partial charge in [-0.2, -0.15) is 4.98 Å². The van der Waals surface area contributed by atoms with Gasteiger partial charge in [0.15, 0.2) is 0 Å². The smallest absolute Gasteiger partial charge is 0.405 e. The first kappa shape index (κ1) is 28.5. The second-order valence-electron chi connectivity index (χ2n) is 7.51. The number of benzene rings is 1. The van der Waals surface area contributed by atoms with Crippen molar-refractivity contribution in [3.8, 4) is 5.75 Å². The zero-order valence-electron chi connectivity index (χ0n) is 17.7. The molecule has 12 heteroatoms. The van der Waals surface area contributed by atoms with Crippen LogP contribution in [-0.4, -0.2) is 42.5 Å². The zero-order chi connectivity index (χ0) is 21.7. The molecule has 0 unspecified atom stereocenters. The number of nitrogens with zero attached hydrogens (tertiary/aromatic N) is 3. The number of anilines is 2. The summed E-state index contributed by atoms with van der Waals surface area (Å²) in [6.07, 6.45) is 0.768. The topological polar surface area (TPSA) is 62.3 Å². The van der Waals surface area contributed by atoms with Crippen LogP contribution in [0.1, 0.15) is 31.2 Å². The van der Waals surface area contributed by atoms with Gasteiger partial charge in [-0.25, -0.2) is 4.98 Å². The molecule has 1 aromatic heterocycles. The number of hydrogen-bond acceptors (Lipinski definition) is 6. The molecule has 0 aliphatic heterocycles. The largest absolute Gasteiger partial charge is 0.573 e. The average Bonchev–Trinajstić information content (AvgIpc) is 2.67. The summed E-state index contributed by atoms with van der Waals surface area (Å²) in [6.45, 7) is 0.319. The predicted molar refractivity (Wildman–Crippen MR) is 128 cm³/mol. The molecular weight excluding hydrogens is 534 g/mol. The van der Waals surface area contributed by atoms with Crippen molar-refractivity contribution in [2.45, 2.75) is 50.7 Å². The molecule has 0 spiro atoms. The molecule has 1 aliphatic rings. The number of ether oxygens (including phenoxy) is 1. The fourth-order valence-corrected chi connectivity index (χ4v) is 3.78. The Morgan fingerprint density at radius 1 is 1.09 bits per heavy atom. The molecule has 180 valence electrons. The van der Waals surface area contributed by atoms with E-state index in [9.17, 15) is 13.2 Å². The summed E-state index contributed by atoms with van der Waals surface area (Å²) in [5.41, 5.74) is 0.480. The Balaban J connectivity index is 0.00000256. The minimum absolute atomic E-state index is 0. The first-order valence-corrected chi connectivity index (χ1v) is 10.5. The van der Waals surface area contributed by atoms with Crippen molar-refractivity contribution in [1.82, 2.24) is 15.3 Å². The Labute approximate surface area is 206 Å². The van der Waals surface area contributed by atoms with Crippen LogP contribution >= 0.6 is 40.7 Å². The summed E-state index contributed by atoms with van der Waals surface area (Å²) >= 11 is 3.19. The van der Waals surface area contributed by atoms with Gasteiger partial charge in [-0.1, -0.05) is 22.0 Å². The fourth-order valence-electron chi connectivity index (χ4n) is 3.44. The minimum Gasteiger partial charge on any atom is -0.405 e. The molecule has 1 aromatic carbocycles. The van der Waals surface area contributed by atoms with Crippen molar-refractivity contribution in [3.05, 3.63) is 40.5 Å². The fraction of sp³-hybridized carbons (Fsp3) is 0.500. The standard InChI is InChI=1S/C20H25BrF3N5O.2ClH/c1-29(2)19-25-10-9-18(28-19)27-16-7-5-15(6-8-16)26-12-13-3-4-14(21)11-17(13)30-20(22,23)24;;/h3-4,9-11,15-16,26H,5-8,12H2,1-2H3,(H,25,27,28);2*1H. The minimum atomic E-state index is -4.72. The number of rotatable bonds is 7. The molecule has 0 radical (unpaired) electrons. The van der Waals surface area contributed by atoms with Crippen molar-refractivity contribution < 1.29 is 17.9 Å². The first-order valence-electron chi connectivity index (χ1n) is 9.74. The van der Waals surface area contributed by atoms with Crippen molar-refractivity contribution in [3.63, 3.8) is 0 Å². The van der Waals surface area contributed by atoms with Crippen LogP contribution < -0.4 is 20.3 Å². The van der Waals surface area contributed by atoms with E-state index in [2.05, 4.69) is 41.3 Å². The highest BCUT2D eigenvalue weighted by atomic mass is 79.9. The Morgan fingerprint density at radius 2 is 1.75 bits per heavy atom. The van der Waals surface area contributed by atoms with Gasteiger partial charge in [-0.3, -0.25) is 0 Å². The third kappa shape index (κ3) is 8.80. The normalized spacial score (nSPS) is 18.2. The molecule has 0 bridgehead atoms. The number of alkyl halides is 3. The Kier molecular flexibility index (Phi) is 11.3. The van der Waals surface area contributed by atoms with Gasteiger partial charge in [0, 0.05) is 49.0 Å². The van der Waals surface area contributed by atoms with Crippen LogP contribution in [0.15, 0.2) is 34.9 Å². The van der Waals surface area contributed by atoms with E-state index in [1.807, 2.05) is 25.1 Å². The summed E-state index contributed by atoms with van der Waals surface area (Å²) in [7, 11) is 3.79. The van der Waals surface area contributed by atoms with Crippen LogP contribution in [0, 0.1) is 0 Å². The number of aromatic nitrogens is 2. The van der Waals surface area contributed by atoms with Gasteiger partial charge < -0.3 is 20.3 Å². The summed E-state index contributed by atoms with van der Waals surface area (Å²) in [5, 5.41) is 6.83. The first-order chi connectivity index (χ1) is 14.2. The molecule has 1 fully saturated rings. The summed E-state index contributed by atoms with van der Waals surface area (Å²) in [6, 6.07) is 7.10. The van der Waals surface area contributed by atoms with E-state index in [1.165, 1.54) is 6.07 Å². The maximum atomic E-state index is 12.7. The van der Waals surface area contributed by atoms with Crippen LogP contribution in [-0.2, 0) is 6.54 Å². The molecule has 0 atom stereocenters. The molecule has 3 rings (SSSR count). The van der Waals surface area contributed by atoms with Crippen LogP contribution in [0.4, 0.5) is 24.9 Å². The summed E-state index contributed by atoms with van der Waals surface area (Å²) in [4.78, 5) is 10.6. The Hall–Kier alpha value is -1.49. The van der Waals surface area contributed by atoms with E-state index in [1.54, 1.807) is 18.3 Å². The van der Waals surface area contributed by atoms with Crippen molar-refractivity contribution in [2.24, 2.45) is 0 Å². The van der Waals surface area contributed by atoms with Gasteiger partial charge in [0.25, 0.3) is 0 Å². The molecule has 32 heavy (non-hydrogen) atoms.